The second-order valence-electron chi connectivity index (χ2n) is 7.74. The molecule has 0 aliphatic rings. The maximum Gasteiger partial charge on any atom is 0.354 e. The molecule has 2 aromatic heterocycles. The molecule has 0 atom stereocenters. The Bertz CT molecular complexity index is 1010. The molecule has 3 aromatic rings. The predicted molar refractivity (Wildman–Crippen MR) is 119 cm³/mol. The lowest BCUT2D eigenvalue weighted by atomic mass is 10.1. The average Bonchev–Trinajstić information content (AvgIpc) is 3.16. The third kappa shape index (κ3) is 7.05. The third-order valence-corrected chi connectivity index (χ3v) is 5.43. The summed E-state index contributed by atoms with van der Waals surface area (Å²) >= 11 is 0. The minimum Gasteiger partial charge on any atom is -1.00 e. The van der Waals surface area contributed by atoms with Gasteiger partial charge in [-0.3, -0.25) is 0 Å². The topological polar surface area (TPSA) is 61.4 Å². The molecule has 0 N–H and O–H groups in total. The molecule has 0 saturated heterocycles. The first-order chi connectivity index (χ1) is 15.1. The van der Waals surface area contributed by atoms with Crippen molar-refractivity contribution in [3.8, 4) is 0 Å². The van der Waals surface area contributed by atoms with Gasteiger partial charge in [-0.2, -0.15) is 0 Å². The van der Waals surface area contributed by atoms with Crippen molar-refractivity contribution in [3.63, 3.8) is 0 Å². The van der Waals surface area contributed by atoms with E-state index < -0.39 is 0 Å². The van der Waals surface area contributed by atoms with Gasteiger partial charge in [-0.1, -0.05) is 43.9 Å². The highest BCUT2D eigenvalue weighted by atomic mass is 127. The summed E-state index contributed by atoms with van der Waals surface area (Å²) in [7, 11) is 3.33. The molecule has 0 spiro atoms. The smallest absolute Gasteiger partial charge is 0.354 e. The molecule has 6 nitrogen and oxygen atoms in total. The summed E-state index contributed by atoms with van der Waals surface area (Å²) in [6, 6.07) is 13.5. The molecule has 0 amide bonds. The van der Waals surface area contributed by atoms with Gasteiger partial charge in [0.15, 0.2) is 12.4 Å². The lowest BCUT2D eigenvalue weighted by Crippen LogP contribution is -3.00. The maximum atomic E-state index is 12.1. The highest BCUT2D eigenvalue weighted by Crippen LogP contribution is 2.21. The van der Waals surface area contributed by atoms with E-state index in [2.05, 4.69) is 4.57 Å². The van der Waals surface area contributed by atoms with Crippen LogP contribution in [-0.2, 0) is 23.1 Å². The van der Waals surface area contributed by atoms with Crippen LogP contribution in [0, 0.1) is 0 Å². The van der Waals surface area contributed by atoms with Gasteiger partial charge in [0.2, 0.25) is 0 Å². The molecule has 0 saturated carbocycles. The van der Waals surface area contributed by atoms with Gasteiger partial charge in [-0.25, -0.2) is 14.2 Å². The third-order valence-electron chi connectivity index (χ3n) is 5.43. The van der Waals surface area contributed by atoms with E-state index in [1.54, 1.807) is 12.1 Å². The molecular weight excluding hydrogens is 519 g/mol. The first-order valence-electron chi connectivity index (χ1n) is 10.9. The van der Waals surface area contributed by atoms with E-state index >= 15 is 0 Å². The number of methoxy groups -OCH3 is 1. The van der Waals surface area contributed by atoms with E-state index in [0.29, 0.717) is 17.9 Å². The van der Waals surface area contributed by atoms with Crippen LogP contribution in [0.2, 0.25) is 0 Å². The van der Waals surface area contributed by atoms with Crippen molar-refractivity contribution in [1.29, 1.82) is 0 Å². The Morgan fingerprint density at radius 2 is 1.56 bits per heavy atom. The van der Waals surface area contributed by atoms with Gasteiger partial charge in [0, 0.05) is 29.6 Å². The van der Waals surface area contributed by atoms with Gasteiger partial charge in [-0.15, -0.1) is 0 Å². The van der Waals surface area contributed by atoms with E-state index in [-0.39, 0.29) is 35.9 Å². The number of ether oxygens (including phenoxy) is 2. The van der Waals surface area contributed by atoms with Crippen LogP contribution >= 0.6 is 0 Å². The van der Waals surface area contributed by atoms with Crippen LogP contribution in [0.3, 0.4) is 0 Å². The molecule has 0 bridgehead atoms. The monoisotopic (exact) mass is 550 g/mol. The second kappa shape index (κ2) is 13.2. The molecule has 0 aliphatic carbocycles. The number of pyridine rings is 1. The Kier molecular flexibility index (Phi) is 10.7. The van der Waals surface area contributed by atoms with E-state index in [0.717, 1.165) is 56.0 Å². The summed E-state index contributed by atoms with van der Waals surface area (Å²) in [5.74, 6) is -0.559. The van der Waals surface area contributed by atoms with Crippen LogP contribution in [0.25, 0.3) is 10.9 Å². The van der Waals surface area contributed by atoms with Gasteiger partial charge in [0.25, 0.3) is 0 Å². The van der Waals surface area contributed by atoms with Crippen molar-refractivity contribution in [2.24, 2.45) is 7.05 Å². The molecule has 7 heteroatoms. The first-order valence-corrected chi connectivity index (χ1v) is 10.9. The standard InChI is InChI=1S/C25H31N2O4.HI/c1-26-16-13-20(14-17-26)24(28)31-18-10-6-4-3-5-9-15-27-22-12-8-7-11-21(22)19-23(27)25(29)30-2;/h7-8,11-14,16-17,19H,3-6,9-10,15,18H2,1-2H3;1H/q+1;/p-1. The summed E-state index contributed by atoms with van der Waals surface area (Å²) in [6.45, 7) is 1.25. The van der Waals surface area contributed by atoms with Crippen molar-refractivity contribution in [2.45, 2.75) is 45.1 Å². The molecule has 172 valence electrons. The number of aromatic nitrogens is 2. The van der Waals surface area contributed by atoms with Crippen LogP contribution < -0.4 is 28.5 Å². The lowest BCUT2D eigenvalue weighted by Gasteiger charge is -2.09. The summed E-state index contributed by atoms with van der Waals surface area (Å²) in [4.78, 5) is 24.1. The fourth-order valence-electron chi connectivity index (χ4n) is 3.69. The second-order valence-corrected chi connectivity index (χ2v) is 7.74. The molecule has 0 aliphatic heterocycles. The Morgan fingerprint density at radius 3 is 2.28 bits per heavy atom. The number of carbonyl (C=O) groups excluding carboxylic acids is 2. The fourth-order valence-corrected chi connectivity index (χ4v) is 3.69. The van der Waals surface area contributed by atoms with Gasteiger partial charge < -0.3 is 38.0 Å². The van der Waals surface area contributed by atoms with Crippen molar-refractivity contribution in [3.05, 3.63) is 66.1 Å². The van der Waals surface area contributed by atoms with Crippen LogP contribution in [0.5, 0.6) is 0 Å². The van der Waals surface area contributed by atoms with E-state index in [1.165, 1.54) is 7.11 Å². The van der Waals surface area contributed by atoms with Crippen molar-refractivity contribution in [1.82, 2.24) is 4.57 Å². The number of aryl methyl sites for hydroxylation is 2. The quantitative estimate of drug-likeness (QED) is 0.157. The van der Waals surface area contributed by atoms with Gasteiger partial charge >= 0.3 is 11.9 Å². The van der Waals surface area contributed by atoms with Gasteiger partial charge in [0.05, 0.1) is 19.3 Å². The zero-order valence-corrected chi connectivity index (χ0v) is 20.9. The predicted octanol–water partition coefficient (Wildman–Crippen LogP) is 1.45. The van der Waals surface area contributed by atoms with E-state index in [4.69, 9.17) is 9.47 Å². The van der Waals surface area contributed by atoms with E-state index in [9.17, 15) is 9.59 Å². The Hall–Kier alpha value is -2.42. The largest absolute Gasteiger partial charge is 1.00 e. The summed E-state index contributed by atoms with van der Waals surface area (Å²) < 4.78 is 14.2. The number of unbranched alkanes of at least 4 members (excludes halogenated alkanes) is 5. The average molecular weight is 550 g/mol. The zero-order chi connectivity index (χ0) is 22.1. The summed E-state index contributed by atoms with van der Waals surface area (Å²) in [6.07, 6.45) is 9.91. The van der Waals surface area contributed by atoms with Gasteiger partial charge in [-0.05, 0) is 25.0 Å². The highest BCUT2D eigenvalue weighted by Gasteiger charge is 2.15. The maximum absolute atomic E-state index is 12.1. The number of benzene rings is 1. The minimum absolute atomic E-state index is 0. The number of hydrogen-bond donors (Lipinski definition) is 0. The molecule has 0 radical (unpaired) electrons. The van der Waals surface area contributed by atoms with Crippen LogP contribution in [0.15, 0.2) is 54.9 Å². The van der Waals surface area contributed by atoms with Crippen LogP contribution in [-0.4, -0.2) is 30.2 Å². The minimum atomic E-state index is -0.296. The van der Waals surface area contributed by atoms with Gasteiger partial charge in [0.1, 0.15) is 12.7 Å². The number of fused-ring (bicyclic) bond motifs is 1. The normalized spacial score (nSPS) is 10.6. The summed E-state index contributed by atoms with van der Waals surface area (Å²) in [5, 5.41) is 1.06. The van der Waals surface area contributed by atoms with Crippen molar-refractivity contribution >= 4 is 22.8 Å². The first kappa shape index (κ1) is 25.8. The lowest BCUT2D eigenvalue weighted by molar-refractivity contribution is -0.671. The Morgan fingerprint density at radius 1 is 0.906 bits per heavy atom. The number of esters is 2. The van der Waals surface area contributed by atoms with Crippen molar-refractivity contribution in [2.75, 3.05) is 13.7 Å². The Balaban J connectivity index is 0.00000363. The van der Waals surface area contributed by atoms with Crippen LogP contribution in [0.1, 0.15) is 59.4 Å². The molecule has 3 rings (SSSR count). The van der Waals surface area contributed by atoms with Crippen molar-refractivity contribution < 1.29 is 47.6 Å². The zero-order valence-electron chi connectivity index (χ0n) is 18.8. The molecule has 0 unspecified atom stereocenters. The number of rotatable bonds is 11. The number of nitrogens with zero attached hydrogens (tertiary/aromatic N) is 2. The number of hydrogen-bond acceptors (Lipinski definition) is 4. The van der Waals surface area contributed by atoms with Crippen LogP contribution in [0.4, 0.5) is 0 Å². The molecule has 2 heterocycles. The van der Waals surface area contributed by atoms with E-state index in [1.807, 2.05) is 54.3 Å². The summed E-state index contributed by atoms with van der Waals surface area (Å²) in [5.41, 5.74) is 2.26. The Labute approximate surface area is 206 Å². The molecule has 0 fully saturated rings. The highest BCUT2D eigenvalue weighted by molar-refractivity contribution is 5.95. The fraction of sp³-hybridized carbons (Fsp3) is 0.400. The number of halogens is 1. The molecular formula is C25H31IN2O4. The number of carbonyl (C=O) groups is 2. The SMILES string of the molecule is COC(=O)c1cc2ccccc2n1CCCCCCCCOC(=O)c1cc[n+](C)cc1.[I-]. The number of para-hydroxylation sites is 1. The molecule has 1 aromatic carbocycles. The molecule has 32 heavy (non-hydrogen) atoms.